The molecule has 0 saturated carbocycles. The molecule has 2 aromatic heterocycles. The van der Waals surface area contributed by atoms with Gasteiger partial charge < -0.3 is 20.9 Å². The molecule has 0 aliphatic rings. The van der Waals surface area contributed by atoms with Crippen LogP contribution in [0, 0.1) is 0 Å². The number of thiophene rings is 1. The Balaban J connectivity index is 1.80. The molecule has 158 valence electrons. The number of nitrogens with zero attached hydrogens (tertiary/aromatic N) is 2. The van der Waals surface area contributed by atoms with Gasteiger partial charge in [0.25, 0.3) is 5.91 Å². The van der Waals surface area contributed by atoms with Gasteiger partial charge in [-0.1, -0.05) is 18.2 Å². The molecule has 0 spiro atoms. The molecular weight excluding hydrogens is 425 g/mol. The zero-order valence-electron chi connectivity index (χ0n) is 15.1. The Morgan fingerprint density at radius 1 is 1.27 bits per heavy atom. The fraction of sp³-hybridized carbons (Fsp3) is 0.167. The molecule has 0 saturated heterocycles. The minimum absolute atomic E-state index is 0.130. The van der Waals surface area contributed by atoms with Crippen molar-refractivity contribution in [2.24, 2.45) is 0 Å². The van der Waals surface area contributed by atoms with Crippen LogP contribution in [-0.4, -0.2) is 33.4 Å². The Bertz CT molecular complexity index is 1050. The van der Waals surface area contributed by atoms with Gasteiger partial charge in [0.2, 0.25) is 5.88 Å². The minimum Gasteiger partial charge on any atom is -0.479 e. The fourth-order valence-electron chi connectivity index (χ4n) is 2.51. The summed E-state index contributed by atoms with van der Waals surface area (Å²) in [6.45, 7) is -0.731. The number of amides is 1. The second kappa shape index (κ2) is 8.45. The van der Waals surface area contributed by atoms with Crippen LogP contribution in [-0.2, 0) is 15.8 Å². The lowest BCUT2D eigenvalue weighted by atomic mass is 10.2. The maximum absolute atomic E-state index is 13.1. The van der Waals surface area contributed by atoms with Crippen molar-refractivity contribution in [3.63, 3.8) is 0 Å². The number of nitrogens with one attached hydrogen (secondary N) is 1. The number of nitrogens with two attached hydrogens (primary N) is 1. The Morgan fingerprint density at radius 2 is 2.00 bits per heavy atom. The zero-order chi connectivity index (χ0) is 21.9. The summed E-state index contributed by atoms with van der Waals surface area (Å²) < 4.78 is 45.4. The first kappa shape index (κ1) is 21.2. The van der Waals surface area contributed by atoms with Crippen molar-refractivity contribution in [1.82, 2.24) is 15.1 Å². The number of carbonyl (C=O) groups is 2. The van der Waals surface area contributed by atoms with E-state index in [1.165, 1.54) is 18.2 Å². The lowest BCUT2D eigenvalue weighted by molar-refractivity contribution is -0.142. The largest absolute Gasteiger partial charge is 0.479 e. The van der Waals surface area contributed by atoms with E-state index in [0.29, 0.717) is 10.9 Å². The van der Waals surface area contributed by atoms with Crippen LogP contribution in [0.2, 0.25) is 0 Å². The average molecular weight is 440 g/mol. The molecule has 2 heterocycles. The van der Waals surface area contributed by atoms with Gasteiger partial charge in [0.15, 0.2) is 18.3 Å². The molecule has 0 radical (unpaired) electrons. The molecule has 0 aliphatic heterocycles. The van der Waals surface area contributed by atoms with E-state index in [9.17, 15) is 27.9 Å². The second-order valence-corrected chi connectivity index (χ2v) is 6.96. The number of alkyl halides is 3. The Hall–Kier alpha value is -3.54. The maximum atomic E-state index is 13.1. The maximum Gasteiger partial charge on any atom is 0.435 e. The van der Waals surface area contributed by atoms with E-state index in [1.54, 1.807) is 23.6 Å². The van der Waals surface area contributed by atoms with E-state index >= 15 is 0 Å². The molecule has 3 aromatic rings. The van der Waals surface area contributed by atoms with Gasteiger partial charge in [0.1, 0.15) is 0 Å². The molecule has 4 N–H and O–H groups in total. The number of hydrogen-bond donors (Lipinski definition) is 3. The van der Waals surface area contributed by atoms with Crippen molar-refractivity contribution in [3.8, 4) is 11.6 Å². The van der Waals surface area contributed by atoms with Gasteiger partial charge in [-0.25, -0.2) is 4.79 Å². The average Bonchev–Trinajstić information content (AvgIpc) is 3.34. The van der Waals surface area contributed by atoms with Gasteiger partial charge in [-0.15, -0.1) is 11.3 Å². The van der Waals surface area contributed by atoms with Crippen molar-refractivity contribution in [1.29, 1.82) is 0 Å². The van der Waals surface area contributed by atoms with Crippen LogP contribution in [0.3, 0.4) is 0 Å². The molecule has 1 amide bonds. The van der Waals surface area contributed by atoms with Crippen LogP contribution in [0.1, 0.15) is 16.6 Å². The van der Waals surface area contributed by atoms with Gasteiger partial charge >= 0.3 is 12.1 Å². The molecular formula is C18H15F3N4O4S. The summed E-state index contributed by atoms with van der Waals surface area (Å²) in [7, 11) is 0. The summed E-state index contributed by atoms with van der Waals surface area (Å²) >= 11 is 1.13. The number of anilines is 1. The number of aromatic nitrogens is 2. The summed E-state index contributed by atoms with van der Waals surface area (Å²) in [5, 5.41) is 16.7. The van der Waals surface area contributed by atoms with Gasteiger partial charge in [-0.2, -0.15) is 23.0 Å². The van der Waals surface area contributed by atoms with E-state index in [-0.39, 0.29) is 17.3 Å². The SMILES string of the molecule is Nc1ccccc1-n1nc(C(F)(F)F)cc1OCC(=O)NC(C(=O)O)c1cccs1. The number of ether oxygens (including phenoxy) is 1. The topological polar surface area (TPSA) is 119 Å². The van der Waals surface area contributed by atoms with Crippen LogP contribution in [0.25, 0.3) is 5.69 Å². The Labute approximate surface area is 171 Å². The molecule has 1 aromatic carbocycles. The molecule has 3 rings (SSSR count). The molecule has 8 nitrogen and oxygen atoms in total. The third-order valence-electron chi connectivity index (χ3n) is 3.86. The number of nitrogen functional groups attached to an aromatic ring is 1. The normalized spacial score (nSPS) is 12.4. The van der Waals surface area contributed by atoms with E-state index in [4.69, 9.17) is 10.5 Å². The zero-order valence-corrected chi connectivity index (χ0v) is 15.9. The van der Waals surface area contributed by atoms with E-state index in [1.807, 2.05) is 0 Å². The Kier molecular flexibility index (Phi) is 5.96. The van der Waals surface area contributed by atoms with Gasteiger partial charge in [0.05, 0.1) is 11.4 Å². The third-order valence-corrected chi connectivity index (χ3v) is 4.80. The summed E-state index contributed by atoms with van der Waals surface area (Å²) in [6.07, 6.45) is -4.75. The van der Waals surface area contributed by atoms with Gasteiger partial charge in [0, 0.05) is 10.9 Å². The number of carbonyl (C=O) groups excluding carboxylic acids is 1. The highest BCUT2D eigenvalue weighted by Gasteiger charge is 2.36. The van der Waals surface area contributed by atoms with Crippen molar-refractivity contribution in [2.75, 3.05) is 12.3 Å². The first-order valence-electron chi connectivity index (χ1n) is 8.37. The number of aliphatic carboxylic acids is 1. The molecule has 0 aliphatic carbocycles. The van der Waals surface area contributed by atoms with Crippen molar-refractivity contribution in [2.45, 2.75) is 12.2 Å². The lowest BCUT2D eigenvalue weighted by Crippen LogP contribution is -2.36. The standard InChI is InChI=1S/C18H15F3N4O4S/c19-18(20,21)13-8-15(25(24-13)11-5-2-1-4-10(11)22)29-9-14(26)23-16(17(27)28)12-6-3-7-30-12/h1-8,16H,9,22H2,(H,23,26)(H,27,28). The first-order valence-corrected chi connectivity index (χ1v) is 9.25. The number of hydrogen-bond acceptors (Lipinski definition) is 6. The number of benzene rings is 1. The van der Waals surface area contributed by atoms with Crippen LogP contribution in [0.15, 0.2) is 47.8 Å². The van der Waals surface area contributed by atoms with Crippen molar-refractivity contribution < 1.29 is 32.6 Å². The second-order valence-electron chi connectivity index (χ2n) is 5.98. The van der Waals surface area contributed by atoms with Crippen molar-refractivity contribution >= 4 is 28.9 Å². The smallest absolute Gasteiger partial charge is 0.435 e. The fourth-order valence-corrected chi connectivity index (χ4v) is 3.28. The molecule has 1 atom stereocenters. The van der Waals surface area contributed by atoms with Crippen molar-refractivity contribution in [3.05, 3.63) is 58.4 Å². The van der Waals surface area contributed by atoms with Crippen LogP contribution in [0.4, 0.5) is 18.9 Å². The Morgan fingerprint density at radius 3 is 2.60 bits per heavy atom. The van der Waals surface area contributed by atoms with Crippen LogP contribution < -0.4 is 15.8 Å². The monoisotopic (exact) mass is 440 g/mol. The van der Waals surface area contributed by atoms with Crippen LogP contribution >= 0.6 is 11.3 Å². The number of para-hydroxylation sites is 2. The quantitative estimate of drug-likeness (QED) is 0.486. The molecule has 30 heavy (non-hydrogen) atoms. The molecule has 0 fully saturated rings. The van der Waals surface area contributed by atoms with E-state index in [2.05, 4.69) is 10.4 Å². The third kappa shape index (κ3) is 4.71. The highest BCUT2D eigenvalue weighted by atomic mass is 32.1. The minimum atomic E-state index is -4.75. The van der Waals surface area contributed by atoms with E-state index < -0.39 is 36.4 Å². The van der Waals surface area contributed by atoms with Crippen LogP contribution in [0.5, 0.6) is 5.88 Å². The summed E-state index contributed by atoms with van der Waals surface area (Å²) in [4.78, 5) is 24.0. The number of carboxylic acid groups (broad SMARTS) is 1. The summed E-state index contributed by atoms with van der Waals surface area (Å²) in [5.74, 6) is -2.50. The number of rotatable bonds is 7. The molecule has 1 unspecified atom stereocenters. The predicted octanol–water partition coefficient (Wildman–Crippen LogP) is 2.86. The summed E-state index contributed by atoms with van der Waals surface area (Å²) in [5.41, 5.74) is 4.85. The van der Waals surface area contributed by atoms with Gasteiger partial charge in [-0.3, -0.25) is 4.79 Å². The molecule has 12 heteroatoms. The van der Waals surface area contributed by atoms with E-state index in [0.717, 1.165) is 16.0 Å². The lowest BCUT2D eigenvalue weighted by Gasteiger charge is -2.14. The van der Waals surface area contributed by atoms with Gasteiger partial charge in [-0.05, 0) is 23.6 Å². The number of carboxylic acids is 1. The first-order chi connectivity index (χ1) is 14.2. The highest BCUT2D eigenvalue weighted by molar-refractivity contribution is 7.10. The predicted molar refractivity (Wildman–Crippen MR) is 101 cm³/mol. The highest BCUT2D eigenvalue weighted by Crippen LogP contribution is 2.33. The number of halogens is 3. The summed E-state index contributed by atoms with van der Waals surface area (Å²) in [6, 6.07) is 8.54. The molecule has 0 bridgehead atoms.